The minimum absolute atomic E-state index is 0.231. The van der Waals surface area contributed by atoms with Crippen molar-refractivity contribution in [2.24, 2.45) is 5.73 Å². The van der Waals surface area contributed by atoms with Crippen LogP contribution in [0.3, 0.4) is 0 Å². The first kappa shape index (κ1) is 16.7. The molecule has 2 N–H and O–H groups in total. The first-order valence-electron chi connectivity index (χ1n) is 7.23. The minimum atomic E-state index is -0.712. The number of rotatable bonds is 6. The van der Waals surface area contributed by atoms with Crippen LogP contribution in [0.5, 0.6) is 0 Å². The molecule has 0 fully saturated rings. The maximum atomic E-state index is 12.0. The van der Waals surface area contributed by atoms with Crippen LogP contribution in [0.2, 0.25) is 0 Å². The van der Waals surface area contributed by atoms with Crippen molar-refractivity contribution in [3.63, 3.8) is 0 Å². The van der Waals surface area contributed by atoms with E-state index < -0.39 is 18.0 Å². The number of hydrogen-bond acceptors (Lipinski definition) is 5. The van der Waals surface area contributed by atoms with E-state index in [1.807, 2.05) is 30.3 Å². The molecule has 0 aliphatic heterocycles. The van der Waals surface area contributed by atoms with Gasteiger partial charge in [0.2, 0.25) is 0 Å². The van der Waals surface area contributed by atoms with E-state index in [-0.39, 0.29) is 6.61 Å². The molecule has 0 aliphatic rings. The van der Waals surface area contributed by atoms with Gasteiger partial charge in [0.1, 0.15) is 12.6 Å². The number of esters is 2. The fraction of sp³-hybridized carbons (Fsp3) is 0.222. The zero-order chi connectivity index (χ0) is 16.7. The molecule has 120 valence electrons. The van der Waals surface area contributed by atoms with E-state index in [1.54, 1.807) is 24.3 Å². The van der Waals surface area contributed by atoms with Crippen molar-refractivity contribution in [1.29, 1.82) is 0 Å². The highest BCUT2D eigenvalue weighted by atomic mass is 16.5. The summed E-state index contributed by atoms with van der Waals surface area (Å²) in [5.41, 5.74) is 7.94. The molecule has 0 spiro atoms. The Morgan fingerprint density at radius 2 is 1.65 bits per heavy atom. The molecule has 0 aromatic heterocycles. The molecule has 0 aliphatic carbocycles. The normalized spacial score (nSPS) is 11.6. The van der Waals surface area contributed by atoms with E-state index in [1.165, 1.54) is 7.11 Å². The van der Waals surface area contributed by atoms with Crippen molar-refractivity contribution in [3.8, 4) is 0 Å². The van der Waals surface area contributed by atoms with Gasteiger partial charge in [-0.3, -0.25) is 4.79 Å². The Labute approximate surface area is 135 Å². The van der Waals surface area contributed by atoms with Gasteiger partial charge in [-0.25, -0.2) is 4.79 Å². The molecule has 5 nitrogen and oxygen atoms in total. The van der Waals surface area contributed by atoms with Gasteiger partial charge in [-0.15, -0.1) is 0 Å². The number of ether oxygens (including phenoxy) is 2. The highest BCUT2D eigenvalue weighted by molar-refractivity contribution is 5.89. The summed E-state index contributed by atoms with van der Waals surface area (Å²) in [6.07, 6.45) is 0.353. The lowest BCUT2D eigenvalue weighted by atomic mass is 10.0. The first-order chi connectivity index (χ1) is 11.1. The van der Waals surface area contributed by atoms with E-state index in [2.05, 4.69) is 4.74 Å². The summed E-state index contributed by atoms with van der Waals surface area (Å²) in [7, 11) is 1.30. The monoisotopic (exact) mass is 313 g/mol. The Balaban J connectivity index is 1.91. The number of carbonyl (C=O) groups excluding carboxylic acids is 2. The van der Waals surface area contributed by atoms with Crippen molar-refractivity contribution in [2.45, 2.75) is 19.1 Å². The summed E-state index contributed by atoms with van der Waals surface area (Å²) >= 11 is 0. The Hall–Kier alpha value is -2.66. The topological polar surface area (TPSA) is 78.6 Å². The van der Waals surface area contributed by atoms with Crippen molar-refractivity contribution in [2.75, 3.05) is 7.11 Å². The smallest absolute Gasteiger partial charge is 0.338 e. The van der Waals surface area contributed by atoms with Gasteiger partial charge in [0.25, 0.3) is 0 Å². The average molecular weight is 313 g/mol. The summed E-state index contributed by atoms with van der Waals surface area (Å²) in [6.45, 7) is 0.231. The third-order valence-corrected chi connectivity index (χ3v) is 3.36. The molecular weight excluding hydrogens is 294 g/mol. The van der Waals surface area contributed by atoms with Crippen LogP contribution in [0.4, 0.5) is 0 Å². The van der Waals surface area contributed by atoms with Crippen LogP contribution in [0.15, 0.2) is 54.6 Å². The molecular formula is C18H19NO4. The van der Waals surface area contributed by atoms with Gasteiger partial charge < -0.3 is 15.2 Å². The summed E-state index contributed by atoms with van der Waals surface area (Å²) in [6, 6.07) is 15.6. The number of carbonyl (C=O) groups is 2. The molecule has 2 rings (SSSR count). The Bertz CT molecular complexity index is 652. The quantitative estimate of drug-likeness (QED) is 0.826. The molecule has 0 saturated carbocycles. The second-order valence-corrected chi connectivity index (χ2v) is 5.09. The first-order valence-corrected chi connectivity index (χ1v) is 7.23. The van der Waals surface area contributed by atoms with Gasteiger partial charge in [-0.2, -0.15) is 0 Å². The van der Waals surface area contributed by atoms with Gasteiger partial charge in [0.05, 0.1) is 12.7 Å². The minimum Gasteiger partial charge on any atom is -0.468 e. The number of methoxy groups -OCH3 is 1. The fourth-order valence-electron chi connectivity index (χ4n) is 2.07. The Kier molecular flexibility index (Phi) is 5.88. The molecule has 5 heteroatoms. The third kappa shape index (κ3) is 4.93. The lowest BCUT2D eigenvalue weighted by Gasteiger charge is -2.10. The summed E-state index contributed by atoms with van der Waals surface area (Å²) in [5, 5.41) is 0. The molecule has 0 amide bonds. The molecule has 0 radical (unpaired) electrons. The summed E-state index contributed by atoms with van der Waals surface area (Å²) in [4.78, 5) is 23.3. The second-order valence-electron chi connectivity index (χ2n) is 5.09. The van der Waals surface area contributed by atoms with Crippen LogP contribution >= 0.6 is 0 Å². The van der Waals surface area contributed by atoms with Crippen molar-refractivity contribution >= 4 is 11.9 Å². The van der Waals surface area contributed by atoms with E-state index in [9.17, 15) is 9.59 Å². The van der Waals surface area contributed by atoms with E-state index in [4.69, 9.17) is 10.5 Å². The molecule has 0 bridgehead atoms. The van der Waals surface area contributed by atoms with Crippen LogP contribution < -0.4 is 5.73 Å². The average Bonchev–Trinajstić information content (AvgIpc) is 2.60. The SMILES string of the molecule is COC(=O)[C@@H](N)Cc1ccc(C(=O)OCc2ccccc2)cc1. The van der Waals surface area contributed by atoms with Crippen LogP contribution in [0, 0.1) is 0 Å². The highest BCUT2D eigenvalue weighted by Crippen LogP contribution is 2.10. The summed E-state index contributed by atoms with van der Waals surface area (Å²) < 4.78 is 9.84. The van der Waals surface area contributed by atoms with E-state index >= 15 is 0 Å². The predicted octanol–water partition coefficient (Wildman–Crippen LogP) is 2.09. The molecule has 23 heavy (non-hydrogen) atoms. The van der Waals surface area contributed by atoms with E-state index in [0.717, 1.165) is 11.1 Å². The van der Waals surface area contributed by atoms with Gasteiger partial charge in [-0.05, 0) is 29.7 Å². The summed E-state index contributed by atoms with van der Waals surface area (Å²) in [5.74, 6) is -0.853. The number of hydrogen-bond donors (Lipinski definition) is 1. The second kappa shape index (κ2) is 8.10. The number of benzene rings is 2. The third-order valence-electron chi connectivity index (χ3n) is 3.36. The molecule has 0 heterocycles. The maximum Gasteiger partial charge on any atom is 0.338 e. The van der Waals surface area contributed by atoms with Gasteiger partial charge in [0, 0.05) is 0 Å². The van der Waals surface area contributed by atoms with E-state index in [0.29, 0.717) is 12.0 Å². The van der Waals surface area contributed by atoms with Crippen molar-refractivity contribution < 1.29 is 19.1 Å². The standard InChI is InChI=1S/C18H19NO4/c1-22-18(21)16(19)11-13-7-9-15(10-8-13)17(20)23-12-14-5-3-2-4-6-14/h2-10,16H,11-12,19H2,1H3/t16-/m0/s1. The maximum absolute atomic E-state index is 12.0. The number of nitrogens with two attached hydrogens (primary N) is 1. The molecule has 1 atom stereocenters. The van der Waals surface area contributed by atoms with Crippen molar-refractivity contribution in [1.82, 2.24) is 0 Å². The lowest BCUT2D eigenvalue weighted by molar-refractivity contribution is -0.142. The molecule has 0 unspecified atom stereocenters. The van der Waals surface area contributed by atoms with Crippen LogP contribution in [-0.2, 0) is 27.3 Å². The van der Waals surface area contributed by atoms with Gasteiger partial charge >= 0.3 is 11.9 Å². The zero-order valence-corrected chi connectivity index (χ0v) is 12.9. The van der Waals surface area contributed by atoms with Crippen LogP contribution in [-0.4, -0.2) is 25.1 Å². The van der Waals surface area contributed by atoms with Crippen LogP contribution in [0.1, 0.15) is 21.5 Å². The zero-order valence-electron chi connectivity index (χ0n) is 12.9. The van der Waals surface area contributed by atoms with Crippen molar-refractivity contribution in [3.05, 3.63) is 71.3 Å². The van der Waals surface area contributed by atoms with Gasteiger partial charge in [-0.1, -0.05) is 42.5 Å². The van der Waals surface area contributed by atoms with Gasteiger partial charge in [0.15, 0.2) is 0 Å². The predicted molar refractivity (Wildman–Crippen MR) is 85.7 cm³/mol. The lowest BCUT2D eigenvalue weighted by Crippen LogP contribution is -2.33. The Morgan fingerprint density at radius 3 is 2.26 bits per heavy atom. The Morgan fingerprint density at radius 1 is 1.00 bits per heavy atom. The molecule has 2 aromatic carbocycles. The van der Waals surface area contributed by atoms with Crippen LogP contribution in [0.25, 0.3) is 0 Å². The highest BCUT2D eigenvalue weighted by Gasteiger charge is 2.14. The molecule has 0 saturated heterocycles. The largest absolute Gasteiger partial charge is 0.468 e. The fourth-order valence-corrected chi connectivity index (χ4v) is 2.07. The molecule has 2 aromatic rings.